The highest BCUT2D eigenvalue weighted by molar-refractivity contribution is 6.16. The van der Waals surface area contributed by atoms with Crippen molar-refractivity contribution in [2.75, 3.05) is 0 Å². The van der Waals surface area contributed by atoms with Crippen LogP contribution in [0.1, 0.15) is 42.1 Å². The first-order valence-corrected chi connectivity index (χ1v) is 8.44. The minimum atomic E-state index is -0.0888. The number of nitrogens with zero attached hydrogens (tertiary/aromatic N) is 1. The van der Waals surface area contributed by atoms with Crippen LogP contribution in [0, 0.1) is 11.8 Å². The standard InChI is InChI=1S/C22H21NO/c1-2-3-4-8-15-22(24)20-17-23(16-18-11-6-5-7-12-18)21-14-10-9-13-19(20)21/h5-7,9-14,17H,2-4,16H2,1H3. The van der Waals surface area contributed by atoms with Gasteiger partial charge in [-0.15, -0.1) is 0 Å². The molecule has 120 valence electrons. The van der Waals surface area contributed by atoms with E-state index in [1.165, 1.54) is 5.56 Å². The van der Waals surface area contributed by atoms with Gasteiger partial charge in [-0.3, -0.25) is 4.79 Å². The second-order valence-corrected chi connectivity index (χ2v) is 5.91. The topological polar surface area (TPSA) is 22.0 Å². The molecule has 24 heavy (non-hydrogen) atoms. The van der Waals surface area contributed by atoms with E-state index in [0.29, 0.717) is 5.56 Å². The number of carbonyl (C=O) groups excluding carboxylic acids is 1. The molecule has 1 aromatic heterocycles. The van der Waals surface area contributed by atoms with Crippen LogP contribution >= 0.6 is 0 Å². The molecule has 0 spiro atoms. The van der Waals surface area contributed by atoms with Gasteiger partial charge in [0, 0.05) is 30.1 Å². The Bertz CT molecular complexity index is 894. The average molecular weight is 315 g/mol. The number of unbranched alkanes of at least 4 members (excludes halogenated alkanes) is 2. The Morgan fingerprint density at radius 3 is 2.58 bits per heavy atom. The second-order valence-electron chi connectivity index (χ2n) is 5.91. The number of para-hydroxylation sites is 1. The normalized spacial score (nSPS) is 10.4. The molecule has 3 aromatic rings. The molecule has 1 heterocycles. The molecule has 0 amide bonds. The minimum Gasteiger partial charge on any atom is -0.342 e. The maximum atomic E-state index is 12.5. The number of benzene rings is 2. The van der Waals surface area contributed by atoms with Crippen LogP contribution in [0.2, 0.25) is 0 Å². The fourth-order valence-electron chi connectivity index (χ4n) is 2.81. The molecule has 0 aliphatic heterocycles. The molecule has 3 rings (SSSR count). The zero-order chi connectivity index (χ0) is 16.8. The van der Waals surface area contributed by atoms with Gasteiger partial charge in [0.15, 0.2) is 0 Å². The van der Waals surface area contributed by atoms with Crippen LogP contribution in [0.4, 0.5) is 0 Å². The molecular formula is C22H21NO. The van der Waals surface area contributed by atoms with Crippen LogP contribution in [0.5, 0.6) is 0 Å². The van der Waals surface area contributed by atoms with E-state index >= 15 is 0 Å². The van der Waals surface area contributed by atoms with E-state index < -0.39 is 0 Å². The highest BCUT2D eigenvalue weighted by atomic mass is 16.1. The number of ketones is 1. The molecule has 0 saturated heterocycles. The maximum Gasteiger partial charge on any atom is 0.238 e. The van der Waals surface area contributed by atoms with E-state index in [-0.39, 0.29) is 5.78 Å². The Labute approximate surface area is 143 Å². The summed E-state index contributed by atoms with van der Waals surface area (Å²) in [5, 5.41) is 0.975. The first-order valence-electron chi connectivity index (χ1n) is 8.44. The SMILES string of the molecule is CCCCC#CC(=O)c1cn(Cc2ccccc2)c2ccccc12. The largest absolute Gasteiger partial charge is 0.342 e. The predicted molar refractivity (Wildman–Crippen MR) is 99.1 cm³/mol. The number of carbonyl (C=O) groups is 1. The lowest BCUT2D eigenvalue weighted by Gasteiger charge is -2.05. The van der Waals surface area contributed by atoms with Gasteiger partial charge in [0.2, 0.25) is 5.78 Å². The van der Waals surface area contributed by atoms with Crippen LogP contribution in [-0.4, -0.2) is 10.4 Å². The van der Waals surface area contributed by atoms with Crippen LogP contribution < -0.4 is 0 Å². The summed E-state index contributed by atoms with van der Waals surface area (Å²) in [5.41, 5.74) is 2.98. The molecule has 0 saturated carbocycles. The summed E-state index contributed by atoms with van der Waals surface area (Å²) >= 11 is 0. The first-order chi connectivity index (χ1) is 11.8. The summed E-state index contributed by atoms with van der Waals surface area (Å²) < 4.78 is 2.13. The summed E-state index contributed by atoms with van der Waals surface area (Å²) in [6, 6.07) is 18.3. The summed E-state index contributed by atoms with van der Waals surface area (Å²) in [4.78, 5) is 12.5. The number of Topliss-reactive ketones (excluding diaryl/α,β-unsaturated/α-hetero) is 1. The highest BCUT2D eigenvalue weighted by Crippen LogP contribution is 2.22. The average Bonchev–Trinajstić information content (AvgIpc) is 2.98. The Morgan fingerprint density at radius 2 is 1.79 bits per heavy atom. The van der Waals surface area contributed by atoms with E-state index in [9.17, 15) is 4.79 Å². The Hall–Kier alpha value is -2.79. The van der Waals surface area contributed by atoms with Gasteiger partial charge >= 0.3 is 0 Å². The molecule has 0 N–H and O–H groups in total. The van der Waals surface area contributed by atoms with Crippen LogP contribution in [-0.2, 0) is 6.54 Å². The van der Waals surface area contributed by atoms with Crippen LogP contribution in [0.25, 0.3) is 10.9 Å². The quantitative estimate of drug-likeness (QED) is 0.279. The fourth-order valence-corrected chi connectivity index (χ4v) is 2.81. The van der Waals surface area contributed by atoms with E-state index in [1.54, 1.807) is 0 Å². The van der Waals surface area contributed by atoms with Gasteiger partial charge in [-0.25, -0.2) is 0 Å². The molecule has 0 aliphatic carbocycles. The lowest BCUT2D eigenvalue weighted by Crippen LogP contribution is -1.98. The van der Waals surface area contributed by atoms with Crippen molar-refractivity contribution in [3.63, 3.8) is 0 Å². The molecule has 2 nitrogen and oxygen atoms in total. The summed E-state index contributed by atoms with van der Waals surface area (Å²) in [6.07, 6.45) is 4.86. The number of aromatic nitrogens is 1. The number of hydrogen-bond acceptors (Lipinski definition) is 1. The molecular weight excluding hydrogens is 294 g/mol. The van der Waals surface area contributed by atoms with Crippen molar-refractivity contribution in [1.82, 2.24) is 4.57 Å². The zero-order valence-electron chi connectivity index (χ0n) is 14.0. The third-order valence-electron chi connectivity index (χ3n) is 4.09. The lowest BCUT2D eigenvalue weighted by atomic mass is 10.1. The Balaban J connectivity index is 1.94. The smallest absolute Gasteiger partial charge is 0.238 e. The van der Waals surface area contributed by atoms with Crippen molar-refractivity contribution in [2.24, 2.45) is 0 Å². The molecule has 2 heteroatoms. The maximum absolute atomic E-state index is 12.5. The summed E-state index contributed by atoms with van der Waals surface area (Å²) in [5.74, 6) is 5.71. The molecule has 0 fully saturated rings. The first kappa shape index (κ1) is 16.1. The van der Waals surface area contributed by atoms with Gasteiger partial charge in [0.25, 0.3) is 0 Å². The summed E-state index contributed by atoms with van der Waals surface area (Å²) in [6.45, 7) is 2.87. The Kier molecular flexibility index (Phi) is 5.13. The van der Waals surface area contributed by atoms with E-state index in [1.807, 2.05) is 42.6 Å². The Morgan fingerprint density at radius 1 is 1.04 bits per heavy atom. The van der Waals surface area contributed by atoms with Gasteiger partial charge in [-0.2, -0.15) is 0 Å². The van der Waals surface area contributed by atoms with Crippen molar-refractivity contribution in [1.29, 1.82) is 0 Å². The second kappa shape index (κ2) is 7.66. The monoisotopic (exact) mass is 315 g/mol. The van der Waals surface area contributed by atoms with Gasteiger partial charge in [0.1, 0.15) is 0 Å². The number of fused-ring (bicyclic) bond motifs is 1. The zero-order valence-corrected chi connectivity index (χ0v) is 14.0. The van der Waals surface area contributed by atoms with Crippen molar-refractivity contribution in [3.05, 3.63) is 71.9 Å². The number of rotatable bonds is 5. The minimum absolute atomic E-state index is 0.0888. The van der Waals surface area contributed by atoms with Gasteiger partial charge in [0.05, 0.1) is 5.56 Å². The van der Waals surface area contributed by atoms with Gasteiger partial charge in [-0.1, -0.05) is 67.8 Å². The molecule has 0 radical (unpaired) electrons. The molecule has 2 aromatic carbocycles. The van der Waals surface area contributed by atoms with E-state index in [2.05, 4.69) is 41.5 Å². The predicted octanol–water partition coefficient (Wildman–Crippen LogP) is 5.07. The van der Waals surface area contributed by atoms with Crippen LogP contribution in [0.3, 0.4) is 0 Å². The van der Waals surface area contributed by atoms with Crippen LogP contribution in [0.15, 0.2) is 60.8 Å². The van der Waals surface area contributed by atoms with Gasteiger partial charge < -0.3 is 4.57 Å². The number of hydrogen-bond donors (Lipinski definition) is 0. The van der Waals surface area contributed by atoms with Crippen molar-refractivity contribution < 1.29 is 4.79 Å². The fraction of sp³-hybridized carbons (Fsp3) is 0.227. The molecule has 0 aliphatic rings. The molecule has 0 bridgehead atoms. The summed E-state index contributed by atoms with van der Waals surface area (Å²) in [7, 11) is 0. The van der Waals surface area contributed by atoms with Gasteiger partial charge in [-0.05, 0) is 24.0 Å². The highest BCUT2D eigenvalue weighted by Gasteiger charge is 2.13. The molecule has 0 unspecified atom stereocenters. The lowest BCUT2D eigenvalue weighted by molar-refractivity contribution is 0.105. The van der Waals surface area contributed by atoms with Crippen molar-refractivity contribution in [3.8, 4) is 11.8 Å². The third-order valence-corrected chi connectivity index (χ3v) is 4.09. The van der Waals surface area contributed by atoms with E-state index in [4.69, 9.17) is 0 Å². The van der Waals surface area contributed by atoms with E-state index in [0.717, 1.165) is 36.7 Å². The van der Waals surface area contributed by atoms with Crippen molar-refractivity contribution in [2.45, 2.75) is 32.7 Å². The third kappa shape index (κ3) is 3.58. The molecule has 0 atom stereocenters. The van der Waals surface area contributed by atoms with Crippen molar-refractivity contribution >= 4 is 16.7 Å².